The molecule has 1 aliphatic heterocycles. The van der Waals surface area contributed by atoms with Crippen molar-refractivity contribution in [3.05, 3.63) is 71.8 Å². The number of primary amides is 2. The lowest BCUT2D eigenvalue weighted by molar-refractivity contribution is -0.141. The molecule has 0 spiro atoms. The third kappa shape index (κ3) is 36.3. The Kier molecular flexibility index (Phi) is 43.5. The molecule has 0 aromatic heterocycles. The first-order chi connectivity index (χ1) is 62.4. The van der Waals surface area contributed by atoms with Gasteiger partial charge in [0.2, 0.25) is 100 Å². The van der Waals surface area contributed by atoms with Crippen LogP contribution in [-0.4, -0.2) is 247 Å². The second-order valence-electron chi connectivity index (χ2n) is 34.7. The van der Waals surface area contributed by atoms with Crippen LogP contribution in [-0.2, 0) is 99.1 Å². The third-order valence-corrected chi connectivity index (χ3v) is 24.3. The van der Waals surface area contributed by atoms with E-state index >= 15 is 0 Å². The van der Waals surface area contributed by atoms with E-state index in [-0.39, 0.29) is 94.7 Å². The minimum absolute atomic E-state index is 0.0452. The van der Waals surface area contributed by atoms with E-state index in [0.29, 0.717) is 94.8 Å². The predicted molar refractivity (Wildman–Crippen MR) is 478 cm³/mol. The van der Waals surface area contributed by atoms with Crippen molar-refractivity contribution in [1.29, 1.82) is 10.8 Å². The van der Waals surface area contributed by atoms with Crippen LogP contribution in [0.25, 0.3) is 0 Å². The largest absolute Gasteiger partial charge is 0.481 e. The topological polar surface area (TPSA) is 722 Å². The molecule has 1 heterocycles. The summed E-state index contributed by atoms with van der Waals surface area (Å²) in [5, 5.41) is 73.8. The van der Waals surface area contributed by atoms with Gasteiger partial charge in [0.25, 0.3) is 0 Å². The quantitative estimate of drug-likeness (QED) is 0.0167. The van der Waals surface area contributed by atoms with Gasteiger partial charge in [-0.1, -0.05) is 112 Å². The van der Waals surface area contributed by atoms with Crippen molar-refractivity contribution >= 4 is 118 Å². The number of rotatable bonds is 53. The molecule has 5 fully saturated rings. The summed E-state index contributed by atoms with van der Waals surface area (Å²) in [4.78, 5) is 246. The number of hydrogen-bond acceptors (Lipinski definition) is 22. The van der Waals surface area contributed by atoms with Crippen LogP contribution in [0.1, 0.15) is 192 Å². The standard InChI is InChI=1S/C87H135N25O19/c1-47(99-79(125)57-44-95-45-68(57)101-49(3)113)74(120)104-58-30-15-26-54(58)76(122)109-63(34-19-37-97-87(93)94)81(127)105-59-31-17-28-56(59)78(124)111-65(40-52-24-11-6-12-25-52)83(129)106-60-32-16-27-55(60)77(123)108-62(29-13-14-35-88)80(126)102-53(38-50-20-7-4-8-21-50)41-70(115)98-46-71(116)103-67(43-72(117)118)82(128)100-48(2)75(121)110-64(39-51-22-9-5-10-23-51)84(130)112-66(42-69(89)114)85(131)107-61(73(90)119)33-18-36-96-86(91)92/h4-5,7-10,20-23,47-48,52-68,95H,6,11-19,24-46,88H2,1-3H3,(H2,89,114)(H2,90,119)(H,98,115)(H,99,125)(H,100,128)(H,101,113)(H,102,126)(H,103,116)(H,104,120)(H,105,127)(H,106,129)(H,107,131)(H,108,123)(H,109,122)(H,110,121)(H,111,124)(H,112,130)(H,117,118)(H4,91,92,96)(H4,93,94,97)/t47-,48-,53-,54-,55-,56-,57-,58-,59-,60-,61-,62-,63-,64-,65-,66-,67-,68-/m0/s1. The highest BCUT2D eigenvalue weighted by Gasteiger charge is 2.44. The van der Waals surface area contributed by atoms with Gasteiger partial charge >= 0.3 is 5.97 Å². The lowest BCUT2D eigenvalue weighted by Crippen LogP contribution is -2.59. The van der Waals surface area contributed by atoms with E-state index in [9.17, 15) is 91.4 Å². The first kappa shape index (κ1) is 105. The van der Waals surface area contributed by atoms with Gasteiger partial charge in [0.15, 0.2) is 11.9 Å². The SMILES string of the molecule is CC(=O)N[C@H]1CNC[C@@H]1C(=O)N[C@@H](C)C(=O)N[C@H]1CCC[C@@H]1C(=O)N[C@@H](CCCNC(=N)N)C(=O)N[C@H]1CCC[C@@H]1C(=O)N[C@@H](CC1CCCCC1)C(=O)N[C@H]1CCC[C@@H]1C(=O)N[C@@H](CCCCN)C(=O)N[C@H](CC(=O)NCC(=O)N[C@@H](CC(=O)O)C(=O)N[C@@H](C)C(=O)N[C@@H](Cc1ccccc1)C(=O)N[C@@H](CC(N)=O)C(=O)N[C@@H](CCCNC(=N)N)C(N)=O)Cc1ccccc1. The Balaban J connectivity index is 0.963. The fraction of sp³-hybridized carbons (Fsp3) is 0.632. The molecule has 4 aliphatic carbocycles. The van der Waals surface area contributed by atoms with Crippen molar-refractivity contribution in [2.24, 2.45) is 58.3 Å². The van der Waals surface area contributed by atoms with Crippen LogP contribution in [0.15, 0.2) is 60.7 Å². The van der Waals surface area contributed by atoms with Gasteiger partial charge in [0, 0.05) is 70.1 Å². The van der Waals surface area contributed by atoms with E-state index in [1.807, 2.05) is 0 Å². The molecule has 44 heteroatoms. The Bertz CT molecular complexity index is 4300. The molecule has 131 heavy (non-hydrogen) atoms. The Labute approximate surface area is 760 Å². The van der Waals surface area contributed by atoms with Gasteiger partial charge in [-0.25, -0.2) is 0 Å². The third-order valence-electron chi connectivity index (χ3n) is 24.3. The highest BCUT2D eigenvalue weighted by atomic mass is 16.4. The van der Waals surface area contributed by atoms with Crippen molar-refractivity contribution in [3.63, 3.8) is 0 Å². The number of hydrogen-bond donors (Lipinski definition) is 26. The normalized spacial score (nSPS) is 20.9. The Hall–Kier alpha value is -12.6. The van der Waals surface area contributed by atoms with E-state index in [4.69, 9.17) is 39.5 Å². The van der Waals surface area contributed by atoms with Crippen LogP contribution in [0.5, 0.6) is 0 Å². The average molecular weight is 1840 g/mol. The molecular weight excluding hydrogens is 1700 g/mol. The molecule has 0 unspecified atom stereocenters. The molecule has 4 saturated carbocycles. The lowest BCUT2D eigenvalue weighted by Gasteiger charge is -2.31. The number of benzene rings is 2. The van der Waals surface area contributed by atoms with Crippen molar-refractivity contribution in [1.82, 2.24) is 95.7 Å². The van der Waals surface area contributed by atoms with Gasteiger partial charge < -0.3 is 129 Å². The Morgan fingerprint density at radius 2 is 0.863 bits per heavy atom. The number of nitrogens with one attached hydrogen (secondary N) is 20. The number of amides is 17. The molecule has 0 bridgehead atoms. The second-order valence-corrected chi connectivity index (χ2v) is 34.7. The summed E-state index contributed by atoms with van der Waals surface area (Å²) in [7, 11) is 0. The zero-order chi connectivity index (χ0) is 95.8. The fourth-order valence-corrected chi connectivity index (χ4v) is 17.3. The Morgan fingerprint density at radius 3 is 1.39 bits per heavy atom. The molecule has 17 amide bonds. The van der Waals surface area contributed by atoms with Crippen molar-refractivity contribution < 1.29 is 91.4 Å². The van der Waals surface area contributed by atoms with Gasteiger partial charge in [-0.05, 0) is 134 Å². The summed E-state index contributed by atoms with van der Waals surface area (Å²) in [5.74, 6) is -17.8. The maximum Gasteiger partial charge on any atom is 0.305 e. The van der Waals surface area contributed by atoms with Gasteiger partial charge in [-0.3, -0.25) is 97.1 Å². The number of guanidine groups is 2. The minimum atomic E-state index is -1.87. The van der Waals surface area contributed by atoms with Crippen molar-refractivity contribution in [3.8, 4) is 0 Å². The summed E-state index contributed by atoms with van der Waals surface area (Å²) in [6.07, 6.45) is 7.67. The van der Waals surface area contributed by atoms with Gasteiger partial charge in [-0.2, -0.15) is 0 Å². The van der Waals surface area contributed by atoms with Gasteiger partial charge in [0.05, 0.1) is 49.1 Å². The molecular formula is C87H135N25O19. The smallest absolute Gasteiger partial charge is 0.305 e. The summed E-state index contributed by atoms with van der Waals surface area (Å²) < 4.78 is 0. The number of carbonyl (C=O) groups excluding carboxylic acids is 17. The molecule has 1 saturated heterocycles. The molecule has 2 aromatic carbocycles. The van der Waals surface area contributed by atoms with Crippen LogP contribution < -0.4 is 124 Å². The number of carboxylic acids is 1. The molecule has 31 N–H and O–H groups in total. The van der Waals surface area contributed by atoms with Crippen molar-refractivity contribution in [2.75, 3.05) is 39.3 Å². The summed E-state index contributed by atoms with van der Waals surface area (Å²) >= 11 is 0. The van der Waals surface area contributed by atoms with Crippen molar-refractivity contribution in [2.45, 2.75) is 279 Å². The minimum Gasteiger partial charge on any atom is -0.481 e. The lowest BCUT2D eigenvalue weighted by atomic mass is 9.84. The molecule has 7 rings (SSSR count). The van der Waals surface area contributed by atoms with Crippen LogP contribution in [0.3, 0.4) is 0 Å². The number of carbonyl (C=O) groups is 18. The molecule has 0 radical (unpaired) electrons. The number of carboxylic acid groups (broad SMARTS) is 1. The summed E-state index contributed by atoms with van der Waals surface area (Å²) in [6, 6.07) is 1.00. The number of unbranched alkanes of at least 4 members (excludes halogenated alkanes) is 1. The van der Waals surface area contributed by atoms with E-state index < -0.39 is 235 Å². The van der Waals surface area contributed by atoms with E-state index in [1.54, 1.807) is 60.7 Å². The molecule has 5 aliphatic rings. The predicted octanol–water partition coefficient (Wildman–Crippen LogP) is -5.09. The zero-order valence-corrected chi connectivity index (χ0v) is 74.8. The maximum atomic E-state index is 14.9. The Morgan fingerprint density at radius 1 is 0.405 bits per heavy atom. The van der Waals surface area contributed by atoms with Crippen LogP contribution in [0.4, 0.5) is 0 Å². The molecule has 18 atom stereocenters. The molecule has 2 aromatic rings. The highest BCUT2D eigenvalue weighted by molar-refractivity contribution is 6.00. The first-order valence-corrected chi connectivity index (χ1v) is 45.4. The van der Waals surface area contributed by atoms with E-state index in [2.05, 4.69) is 95.7 Å². The highest BCUT2D eigenvalue weighted by Crippen LogP contribution is 2.32. The summed E-state index contributed by atoms with van der Waals surface area (Å²) in [5.41, 5.74) is 28.9. The molecule has 722 valence electrons. The molecule has 44 nitrogen and oxygen atoms in total. The zero-order valence-electron chi connectivity index (χ0n) is 74.8. The number of aliphatic carboxylic acids is 1. The van der Waals surface area contributed by atoms with Gasteiger partial charge in [-0.15, -0.1) is 0 Å². The monoisotopic (exact) mass is 1830 g/mol. The van der Waals surface area contributed by atoms with Crippen LogP contribution in [0, 0.1) is 40.4 Å². The summed E-state index contributed by atoms with van der Waals surface area (Å²) in [6.45, 7) is 4.48. The van der Waals surface area contributed by atoms with Crippen LogP contribution >= 0.6 is 0 Å². The van der Waals surface area contributed by atoms with E-state index in [1.165, 1.54) is 20.8 Å². The van der Waals surface area contributed by atoms with Gasteiger partial charge in [0.1, 0.15) is 54.4 Å². The maximum absolute atomic E-state index is 14.9. The first-order valence-electron chi connectivity index (χ1n) is 45.4. The van der Waals surface area contributed by atoms with E-state index in [0.717, 1.165) is 32.1 Å². The second kappa shape index (κ2) is 54.1. The van der Waals surface area contributed by atoms with Crippen LogP contribution in [0.2, 0.25) is 0 Å². The number of nitrogens with two attached hydrogens (primary N) is 5. The average Bonchev–Trinajstić information content (AvgIpc) is 1.57. The fourth-order valence-electron chi connectivity index (χ4n) is 17.3.